The van der Waals surface area contributed by atoms with Crippen molar-refractivity contribution in [2.24, 2.45) is 0 Å². The van der Waals surface area contributed by atoms with Gasteiger partial charge < -0.3 is 5.32 Å². The van der Waals surface area contributed by atoms with E-state index in [2.05, 4.69) is 25.9 Å². The van der Waals surface area contributed by atoms with Crippen molar-refractivity contribution in [3.63, 3.8) is 0 Å². The lowest BCUT2D eigenvalue weighted by atomic mass is 10.1. The van der Waals surface area contributed by atoms with Gasteiger partial charge in [-0.1, -0.05) is 17.3 Å². The van der Waals surface area contributed by atoms with Crippen LogP contribution in [0.15, 0.2) is 24.3 Å². The molecule has 0 saturated heterocycles. The summed E-state index contributed by atoms with van der Waals surface area (Å²) in [6.45, 7) is 0. The highest BCUT2D eigenvalue weighted by atomic mass is 19.4. The highest BCUT2D eigenvalue weighted by Gasteiger charge is 2.33. The van der Waals surface area contributed by atoms with Crippen molar-refractivity contribution in [2.75, 3.05) is 5.32 Å². The summed E-state index contributed by atoms with van der Waals surface area (Å²) in [6.07, 6.45) is -4.79. The van der Waals surface area contributed by atoms with E-state index in [1.165, 1.54) is 18.2 Å². The van der Waals surface area contributed by atoms with Gasteiger partial charge in [-0.3, -0.25) is 4.79 Å². The predicted molar refractivity (Wildman–Crippen MR) is 58.0 cm³/mol. The molecule has 0 atom stereocenters. The fourth-order valence-electron chi connectivity index (χ4n) is 1.43. The molecule has 0 saturated carbocycles. The smallest absolute Gasteiger partial charge is 0.325 e. The summed E-state index contributed by atoms with van der Waals surface area (Å²) in [4.78, 5) is 11.6. The summed E-state index contributed by atoms with van der Waals surface area (Å²) in [5.74, 6) is -0.555. The molecule has 0 aliphatic rings. The van der Waals surface area contributed by atoms with Crippen molar-refractivity contribution < 1.29 is 18.0 Å². The number of alkyl halides is 3. The standard InChI is InChI=1S/C10H8F3N5O/c11-10(12,13)6-3-1-2-4-7(6)14-9(19)5-8-15-17-18-16-8/h1-4H,5H2,(H,14,19)(H,15,16,17,18). The Morgan fingerprint density at radius 1 is 1.32 bits per heavy atom. The van der Waals surface area contributed by atoms with Crippen molar-refractivity contribution in [1.29, 1.82) is 0 Å². The molecule has 100 valence electrons. The van der Waals surface area contributed by atoms with E-state index < -0.39 is 17.6 Å². The number of halogens is 3. The molecular formula is C10H8F3N5O. The van der Waals surface area contributed by atoms with Crippen LogP contribution in [0, 0.1) is 0 Å². The lowest BCUT2D eigenvalue weighted by Crippen LogP contribution is -2.18. The maximum atomic E-state index is 12.7. The van der Waals surface area contributed by atoms with Crippen LogP contribution < -0.4 is 5.32 Å². The quantitative estimate of drug-likeness (QED) is 0.883. The van der Waals surface area contributed by atoms with Crippen LogP contribution in [0.3, 0.4) is 0 Å². The van der Waals surface area contributed by atoms with Crippen LogP contribution >= 0.6 is 0 Å². The molecule has 0 aliphatic heterocycles. The molecule has 1 aromatic heterocycles. The fraction of sp³-hybridized carbons (Fsp3) is 0.200. The van der Waals surface area contributed by atoms with Gasteiger partial charge in [-0.15, -0.1) is 10.2 Å². The lowest BCUT2D eigenvalue weighted by molar-refractivity contribution is -0.137. The number of nitrogens with one attached hydrogen (secondary N) is 2. The average Bonchev–Trinajstić information content (AvgIpc) is 2.81. The minimum atomic E-state index is -4.53. The van der Waals surface area contributed by atoms with E-state index in [1.807, 2.05) is 0 Å². The third-order valence-corrected chi connectivity index (χ3v) is 2.21. The van der Waals surface area contributed by atoms with E-state index in [4.69, 9.17) is 0 Å². The maximum absolute atomic E-state index is 12.7. The van der Waals surface area contributed by atoms with Crippen LogP contribution in [0.4, 0.5) is 18.9 Å². The number of para-hydroxylation sites is 1. The summed E-state index contributed by atoms with van der Waals surface area (Å²) < 4.78 is 38.1. The van der Waals surface area contributed by atoms with Gasteiger partial charge in [0.25, 0.3) is 0 Å². The minimum absolute atomic E-state index is 0.0991. The number of carbonyl (C=O) groups excluding carboxylic acids is 1. The number of carbonyl (C=O) groups is 1. The zero-order chi connectivity index (χ0) is 13.9. The normalized spacial score (nSPS) is 11.3. The number of anilines is 1. The topological polar surface area (TPSA) is 83.6 Å². The Bertz CT molecular complexity index is 567. The number of hydrogen-bond acceptors (Lipinski definition) is 4. The van der Waals surface area contributed by atoms with E-state index in [1.54, 1.807) is 0 Å². The Morgan fingerprint density at radius 3 is 2.68 bits per heavy atom. The highest BCUT2D eigenvalue weighted by Crippen LogP contribution is 2.34. The van der Waals surface area contributed by atoms with Crippen LogP contribution in [-0.2, 0) is 17.4 Å². The molecule has 0 spiro atoms. The molecule has 1 aromatic carbocycles. The van der Waals surface area contributed by atoms with Crippen molar-refractivity contribution in [3.8, 4) is 0 Å². The predicted octanol–water partition coefficient (Wildman–Crippen LogP) is 1.40. The molecule has 0 fully saturated rings. The monoisotopic (exact) mass is 271 g/mol. The van der Waals surface area contributed by atoms with E-state index in [0.717, 1.165) is 6.07 Å². The van der Waals surface area contributed by atoms with Crippen molar-refractivity contribution in [1.82, 2.24) is 20.6 Å². The number of rotatable bonds is 3. The van der Waals surface area contributed by atoms with E-state index >= 15 is 0 Å². The van der Waals surface area contributed by atoms with Crippen molar-refractivity contribution >= 4 is 11.6 Å². The zero-order valence-corrected chi connectivity index (χ0v) is 9.40. The third-order valence-electron chi connectivity index (χ3n) is 2.21. The Balaban J connectivity index is 2.13. The van der Waals surface area contributed by atoms with Gasteiger partial charge in [0.1, 0.15) is 0 Å². The second kappa shape index (κ2) is 5.04. The first kappa shape index (κ1) is 13.0. The van der Waals surface area contributed by atoms with Crippen LogP contribution in [0.1, 0.15) is 11.4 Å². The molecular weight excluding hydrogens is 263 g/mol. The van der Waals surface area contributed by atoms with Gasteiger partial charge in [-0.2, -0.15) is 18.4 Å². The fourth-order valence-corrected chi connectivity index (χ4v) is 1.43. The first-order valence-corrected chi connectivity index (χ1v) is 5.15. The van der Waals surface area contributed by atoms with Gasteiger partial charge in [0, 0.05) is 0 Å². The molecule has 2 N–H and O–H groups in total. The molecule has 9 heteroatoms. The third kappa shape index (κ3) is 3.27. The van der Waals surface area contributed by atoms with Gasteiger partial charge in [0.15, 0.2) is 5.82 Å². The Labute approximate surface area is 105 Å². The summed E-state index contributed by atoms with van der Waals surface area (Å²) in [6, 6.07) is 4.72. The highest BCUT2D eigenvalue weighted by molar-refractivity contribution is 5.92. The molecule has 0 radical (unpaired) electrons. The Kier molecular flexibility index (Phi) is 3.45. The van der Waals surface area contributed by atoms with Crippen molar-refractivity contribution in [2.45, 2.75) is 12.6 Å². The van der Waals surface area contributed by atoms with E-state index in [9.17, 15) is 18.0 Å². The number of tetrazole rings is 1. The lowest BCUT2D eigenvalue weighted by Gasteiger charge is -2.12. The van der Waals surface area contributed by atoms with Crippen molar-refractivity contribution in [3.05, 3.63) is 35.7 Å². The van der Waals surface area contributed by atoms with E-state index in [0.29, 0.717) is 0 Å². The first-order chi connectivity index (χ1) is 8.97. The number of hydrogen-bond donors (Lipinski definition) is 2. The summed E-state index contributed by atoms with van der Waals surface area (Å²) >= 11 is 0. The molecule has 0 bridgehead atoms. The van der Waals surface area contributed by atoms with Gasteiger partial charge in [0.2, 0.25) is 5.91 Å². The average molecular weight is 271 g/mol. The van der Waals surface area contributed by atoms with Crippen LogP contribution in [-0.4, -0.2) is 26.5 Å². The van der Waals surface area contributed by atoms with Gasteiger partial charge in [0.05, 0.1) is 17.7 Å². The minimum Gasteiger partial charge on any atom is -0.325 e. The summed E-state index contributed by atoms with van der Waals surface area (Å²) in [5, 5.41) is 14.6. The number of aromatic nitrogens is 4. The number of nitrogens with zero attached hydrogens (tertiary/aromatic N) is 3. The summed E-state index contributed by atoms with van der Waals surface area (Å²) in [5.41, 5.74) is -1.21. The summed E-state index contributed by atoms with van der Waals surface area (Å²) in [7, 11) is 0. The maximum Gasteiger partial charge on any atom is 0.418 e. The molecule has 6 nitrogen and oxygen atoms in total. The SMILES string of the molecule is O=C(Cc1nn[nH]n1)Nc1ccccc1C(F)(F)F. The zero-order valence-electron chi connectivity index (χ0n) is 9.40. The van der Waals surface area contributed by atoms with Gasteiger partial charge >= 0.3 is 6.18 Å². The van der Waals surface area contributed by atoms with Crippen LogP contribution in [0.2, 0.25) is 0 Å². The number of H-pyrrole nitrogens is 1. The Hall–Kier alpha value is -2.45. The molecule has 1 amide bonds. The second-order valence-electron chi connectivity index (χ2n) is 3.60. The van der Waals surface area contributed by atoms with Crippen LogP contribution in [0.25, 0.3) is 0 Å². The molecule has 2 aromatic rings. The number of benzene rings is 1. The largest absolute Gasteiger partial charge is 0.418 e. The molecule has 19 heavy (non-hydrogen) atoms. The molecule has 0 unspecified atom stereocenters. The first-order valence-electron chi connectivity index (χ1n) is 5.15. The van der Waals surface area contributed by atoms with E-state index in [-0.39, 0.29) is 17.9 Å². The molecule has 0 aliphatic carbocycles. The molecule has 1 heterocycles. The molecule has 2 rings (SSSR count). The Morgan fingerprint density at radius 2 is 2.05 bits per heavy atom. The van der Waals surface area contributed by atoms with Gasteiger partial charge in [-0.05, 0) is 12.1 Å². The number of aromatic amines is 1. The van der Waals surface area contributed by atoms with Gasteiger partial charge in [-0.25, -0.2) is 0 Å². The second-order valence-corrected chi connectivity index (χ2v) is 3.60. The van der Waals surface area contributed by atoms with Crippen LogP contribution in [0.5, 0.6) is 0 Å². The number of amides is 1.